The van der Waals surface area contributed by atoms with E-state index in [2.05, 4.69) is 4.90 Å². The van der Waals surface area contributed by atoms with Gasteiger partial charge in [0.2, 0.25) is 0 Å². The highest BCUT2D eigenvalue weighted by Crippen LogP contribution is 2.48. The number of piperidine rings is 2. The molecule has 0 aromatic heterocycles. The Bertz CT molecular complexity index is 461. The maximum atomic E-state index is 10.7. The zero-order chi connectivity index (χ0) is 17.6. The van der Waals surface area contributed by atoms with Gasteiger partial charge in [0.15, 0.2) is 0 Å². The van der Waals surface area contributed by atoms with Crippen molar-refractivity contribution < 1.29 is 19.3 Å². The molecule has 25 heavy (non-hydrogen) atoms. The third-order valence-electron chi connectivity index (χ3n) is 7.95. The molecular formula is C20H35NO4. The third-order valence-corrected chi connectivity index (χ3v) is 7.95. The number of nitrogens with zero attached hydrogens (tertiary/aromatic N) is 1. The third kappa shape index (κ3) is 3.16. The average molecular weight is 354 g/mol. The van der Waals surface area contributed by atoms with Crippen LogP contribution in [0.2, 0.25) is 0 Å². The zero-order valence-electron chi connectivity index (χ0n) is 16.0. The first-order chi connectivity index (χ1) is 12.2. The van der Waals surface area contributed by atoms with Crippen LogP contribution in [-0.2, 0) is 14.2 Å². The summed E-state index contributed by atoms with van der Waals surface area (Å²) in [6.07, 6.45) is 7.22. The number of rotatable bonds is 3. The van der Waals surface area contributed by atoms with Gasteiger partial charge in [0, 0.05) is 39.8 Å². The molecule has 0 spiro atoms. The Hall–Kier alpha value is -0.200. The molecule has 0 radical (unpaired) electrons. The first-order valence-corrected chi connectivity index (χ1v) is 10.2. The molecule has 2 aliphatic carbocycles. The van der Waals surface area contributed by atoms with Crippen molar-refractivity contribution in [1.29, 1.82) is 0 Å². The summed E-state index contributed by atoms with van der Waals surface area (Å²) < 4.78 is 17.0. The Morgan fingerprint density at radius 2 is 1.44 bits per heavy atom. The largest absolute Gasteiger partial charge is 0.390 e. The Morgan fingerprint density at radius 1 is 0.760 bits per heavy atom. The minimum atomic E-state index is -0.293. The highest BCUT2D eigenvalue weighted by molar-refractivity contribution is 5.03. The first-order valence-electron chi connectivity index (χ1n) is 10.2. The molecule has 4 aliphatic rings. The van der Waals surface area contributed by atoms with E-state index in [0.717, 1.165) is 37.6 Å². The van der Waals surface area contributed by atoms with E-state index in [4.69, 9.17) is 14.2 Å². The number of methoxy groups -OCH3 is 3. The number of aliphatic hydroxyl groups is 1. The van der Waals surface area contributed by atoms with Gasteiger partial charge in [-0.25, -0.2) is 0 Å². The second-order valence-corrected chi connectivity index (χ2v) is 8.80. The van der Waals surface area contributed by atoms with Crippen molar-refractivity contribution in [3.05, 3.63) is 0 Å². The highest BCUT2D eigenvalue weighted by Gasteiger charge is 2.51. The Balaban J connectivity index is 1.48. The molecule has 1 N–H and O–H groups in total. The van der Waals surface area contributed by atoms with Crippen LogP contribution in [0.5, 0.6) is 0 Å². The van der Waals surface area contributed by atoms with E-state index in [-0.39, 0.29) is 24.4 Å². The first kappa shape index (κ1) is 18.2. The van der Waals surface area contributed by atoms with Gasteiger partial charge in [-0.05, 0) is 62.8 Å². The van der Waals surface area contributed by atoms with Crippen LogP contribution in [-0.4, -0.2) is 74.9 Å². The van der Waals surface area contributed by atoms with Crippen LogP contribution in [0.4, 0.5) is 0 Å². The minimum absolute atomic E-state index is 0.0327. The fourth-order valence-electron chi connectivity index (χ4n) is 6.56. The van der Waals surface area contributed by atoms with E-state index in [1.807, 2.05) is 14.2 Å². The van der Waals surface area contributed by atoms with Gasteiger partial charge in [-0.1, -0.05) is 0 Å². The molecule has 2 saturated heterocycles. The SMILES string of the molecule is COC1CC2CCN3CC4C(CCC(OC)C4O)CC3C2CC1OC. The van der Waals surface area contributed by atoms with Gasteiger partial charge < -0.3 is 19.3 Å². The van der Waals surface area contributed by atoms with Gasteiger partial charge in [0.05, 0.1) is 24.4 Å². The molecule has 9 unspecified atom stereocenters. The standard InChI is InChI=1S/C20H35NO4/c1-23-17-5-4-12-8-16-14-10-19(25-3)18(24-2)9-13(14)6-7-21(16)11-15(12)20(17)22/h12-20,22H,4-11H2,1-3H3. The van der Waals surface area contributed by atoms with Crippen LogP contribution in [0.1, 0.15) is 38.5 Å². The summed E-state index contributed by atoms with van der Waals surface area (Å²) in [5, 5.41) is 10.7. The fourth-order valence-corrected chi connectivity index (χ4v) is 6.56. The van der Waals surface area contributed by atoms with E-state index in [1.165, 1.54) is 25.8 Å². The van der Waals surface area contributed by atoms with Gasteiger partial charge in [-0.15, -0.1) is 0 Å². The van der Waals surface area contributed by atoms with Crippen LogP contribution in [0, 0.1) is 23.7 Å². The van der Waals surface area contributed by atoms with E-state index in [0.29, 0.717) is 17.9 Å². The van der Waals surface area contributed by atoms with Crippen molar-refractivity contribution in [2.24, 2.45) is 23.7 Å². The summed E-state index contributed by atoms with van der Waals surface area (Å²) in [5.41, 5.74) is 0. The van der Waals surface area contributed by atoms with Crippen LogP contribution in [0.3, 0.4) is 0 Å². The molecule has 0 aromatic rings. The molecular weight excluding hydrogens is 318 g/mol. The number of hydrogen-bond donors (Lipinski definition) is 1. The van der Waals surface area contributed by atoms with E-state index in [1.54, 1.807) is 7.11 Å². The molecule has 5 heteroatoms. The molecule has 0 amide bonds. The highest BCUT2D eigenvalue weighted by atomic mass is 16.5. The molecule has 2 aliphatic heterocycles. The van der Waals surface area contributed by atoms with E-state index >= 15 is 0 Å². The van der Waals surface area contributed by atoms with Crippen LogP contribution < -0.4 is 0 Å². The fraction of sp³-hybridized carbons (Fsp3) is 1.00. The Kier molecular flexibility index (Phi) is 5.40. The second-order valence-electron chi connectivity index (χ2n) is 8.80. The smallest absolute Gasteiger partial charge is 0.0844 e. The van der Waals surface area contributed by atoms with Gasteiger partial charge in [0.1, 0.15) is 0 Å². The van der Waals surface area contributed by atoms with Gasteiger partial charge in [-0.2, -0.15) is 0 Å². The van der Waals surface area contributed by atoms with Crippen LogP contribution in [0.15, 0.2) is 0 Å². The lowest BCUT2D eigenvalue weighted by atomic mass is 9.62. The molecule has 0 bridgehead atoms. The van der Waals surface area contributed by atoms with Crippen molar-refractivity contribution in [2.75, 3.05) is 34.4 Å². The predicted octanol–water partition coefficient (Wildman–Crippen LogP) is 1.92. The van der Waals surface area contributed by atoms with Gasteiger partial charge in [-0.3, -0.25) is 4.90 Å². The molecule has 2 saturated carbocycles. The molecule has 9 atom stereocenters. The van der Waals surface area contributed by atoms with E-state index < -0.39 is 0 Å². The number of ether oxygens (including phenoxy) is 3. The number of aliphatic hydroxyl groups excluding tert-OH is 1. The lowest BCUT2D eigenvalue weighted by molar-refractivity contribution is -0.151. The summed E-state index contributed by atoms with van der Waals surface area (Å²) in [6.45, 7) is 2.22. The summed E-state index contributed by atoms with van der Waals surface area (Å²) in [5.74, 6) is 2.54. The monoisotopic (exact) mass is 353 g/mol. The van der Waals surface area contributed by atoms with Crippen molar-refractivity contribution >= 4 is 0 Å². The summed E-state index contributed by atoms with van der Waals surface area (Å²) in [7, 11) is 5.40. The Labute approximate surface area is 152 Å². The van der Waals surface area contributed by atoms with Crippen molar-refractivity contribution in [2.45, 2.75) is 69.0 Å². The maximum Gasteiger partial charge on any atom is 0.0844 e. The second kappa shape index (κ2) is 7.43. The van der Waals surface area contributed by atoms with Crippen LogP contribution >= 0.6 is 0 Å². The number of hydrogen-bond acceptors (Lipinski definition) is 5. The zero-order valence-corrected chi connectivity index (χ0v) is 16.0. The molecule has 5 nitrogen and oxygen atoms in total. The lowest BCUT2D eigenvalue weighted by Gasteiger charge is -2.57. The van der Waals surface area contributed by atoms with Crippen molar-refractivity contribution in [3.63, 3.8) is 0 Å². The maximum absolute atomic E-state index is 10.7. The Morgan fingerprint density at radius 3 is 2.16 bits per heavy atom. The predicted molar refractivity (Wildman–Crippen MR) is 95.4 cm³/mol. The summed E-state index contributed by atoms with van der Waals surface area (Å²) >= 11 is 0. The quantitative estimate of drug-likeness (QED) is 0.840. The lowest BCUT2D eigenvalue weighted by Crippen LogP contribution is -2.62. The number of fused-ring (bicyclic) bond motifs is 4. The molecule has 144 valence electrons. The van der Waals surface area contributed by atoms with Gasteiger partial charge >= 0.3 is 0 Å². The molecule has 4 fully saturated rings. The summed E-state index contributed by atoms with van der Waals surface area (Å²) in [4.78, 5) is 2.68. The normalized spacial score (nSPS) is 50.6. The topological polar surface area (TPSA) is 51.2 Å². The molecule has 4 rings (SSSR count). The molecule has 2 heterocycles. The van der Waals surface area contributed by atoms with E-state index in [9.17, 15) is 5.11 Å². The summed E-state index contributed by atoms with van der Waals surface area (Å²) in [6, 6.07) is 0.668. The minimum Gasteiger partial charge on any atom is -0.390 e. The van der Waals surface area contributed by atoms with Gasteiger partial charge in [0.25, 0.3) is 0 Å². The average Bonchev–Trinajstić information content (AvgIpc) is 2.66. The van der Waals surface area contributed by atoms with Crippen LogP contribution in [0.25, 0.3) is 0 Å². The molecule has 0 aromatic carbocycles. The van der Waals surface area contributed by atoms with Crippen molar-refractivity contribution in [3.8, 4) is 0 Å². The van der Waals surface area contributed by atoms with Crippen molar-refractivity contribution in [1.82, 2.24) is 4.90 Å².